The van der Waals surface area contributed by atoms with E-state index >= 15 is 0 Å². The summed E-state index contributed by atoms with van der Waals surface area (Å²) in [4.78, 5) is 30.2. The molecule has 2 aliphatic rings. The molecule has 5 nitrogen and oxygen atoms in total. The van der Waals surface area contributed by atoms with Crippen LogP contribution < -0.4 is 14.7 Å². The molecule has 0 radical (unpaired) electrons. The number of rotatable bonds is 3. The van der Waals surface area contributed by atoms with Gasteiger partial charge in [0.25, 0.3) is 5.91 Å². The number of carbonyl (C=O) groups is 2. The van der Waals surface area contributed by atoms with Gasteiger partial charge in [-0.05, 0) is 30.3 Å². The number of nitrogens with zero attached hydrogens (tertiary/aromatic N) is 2. The normalized spacial score (nSPS) is 21.5. The summed E-state index contributed by atoms with van der Waals surface area (Å²) in [6.45, 7) is 3.47. The Hall–Kier alpha value is -2.37. The van der Waals surface area contributed by atoms with Gasteiger partial charge in [-0.2, -0.15) is 0 Å². The molecule has 0 spiro atoms. The van der Waals surface area contributed by atoms with Crippen LogP contribution in [0.2, 0.25) is 5.02 Å². The third-order valence-electron chi connectivity index (χ3n) is 5.23. The summed E-state index contributed by atoms with van der Waals surface area (Å²) in [6, 6.07) is 16.9. The Kier molecular flexibility index (Phi) is 4.66. The second kappa shape index (κ2) is 7.09. The summed E-state index contributed by atoms with van der Waals surface area (Å²) >= 11 is 6.02. The predicted octanol–water partition coefficient (Wildman–Crippen LogP) is 1.38. The van der Waals surface area contributed by atoms with Crippen molar-refractivity contribution in [1.82, 2.24) is 0 Å². The molecule has 0 saturated carbocycles. The maximum atomic E-state index is 12.9. The zero-order valence-electron chi connectivity index (χ0n) is 14.4. The number of halogens is 1. The Morgan fingerprint density at radius 3 is 2.31 bits per heavy atom. The first-order chi connectivity index (χ1) is 12.6. The minimum Gasteiger partial charge on any atom is -0.360 e. The highest BCUT2D eigenvalue weighted by Crippen LogP contribution is 2.25. The molecule has 2 fully saturated rings. The zero-order valence-corrected chi connectivity index (χ0v) is 15.2. The van der Waals surface area contributed by atoms with Crippen molar-refractivity contribution >= 4 is 34.8 Å². The standard InChI is InChI=1S/C20H20ClN3O2/c21-15-5-4-8-17(13-15)24-19(25)14-18(20(24)26)23-11-9-22(10-12-23)16-6-2-1-3-7-16/h1-8,13,18H,9-12,14H2/p+1/t18-/m0/s1. The molecule has 0 unspecified atom stereocenters. The fraction of sp³-hybridized carbons (Fsp3) is 0.300. The van der Waals surface area contributed by atoms with Gasteiger partial charge in [0.05, 0.1) is 38.3 Å². The average molecular weight is 371 g/mol. The molecule has 134 valence electrons. The van der Waals surface area contributed by atoms with Crippen LogP contribution in [0.25, 0.3) is 0 Å². The van der Waals surface area contributed by atoms with Crippen molar-refractivity contribution in [2.45, 2.75) is 12.5 Å². The van der Waals surface area contributed by atoms with Gasteiger partial charge in [0.1, 0.15) is 0 Å². The first kappa shape index (κ1) is 17.1. The molecule has 2 saturated heterocycles. The lowest BCUT2D eigenvalue weighted by Gasteiger charge is -2.35. The van der Waals surface area contributed by atoms with Crippen molar-refractivity contribution in [3.05, 3.63) is 59.6 Å². The summed E-state index contributed by atoms with van der Waals surface area (Å²) in [5, 5.41) is 0.523. The lowest BCUT2D eigenvalue weighted by molar-refractivity contribution is -0.915. The van der Waals surface area contributed by atoms with Gasteiger partial charge >= 0.3 is 0 Å². The summed E-state index contributed by atoms with van der Waals surface area (Å²) < 4.78 is 0. The van der Waals surface area contributed by atoms with Gasteiger partial charge in [-0.25, -0.2) is 4.90 Å². The molecule has 0 bridgehead atoms. The highest BCUT2D eigenvalue weighted by molar-refractivity contribution is 6.31. The number of benzene rings is 2. The molecule has 2 heterocycles. The summed E-state index contributed by atoms with van der Waals surface area (Å²) in [7, 11) is 0. The van der Waals surface area contributed by atoms with Gasteiger partial charge in [-0.3, -0.25) is 9.59 Å². The fourth-order valence-corrected chi connectivity index (χ4v) is 4.06. The highest BCUT2D eigenvalue weighted by Gasteiger charge is 2.46. The van der Waals surface area contributed by atoms with Crippen LogP contribution in [-0.2, 0) is 9.59 Å². The number of carbonyl (C=O) groups excluding carboxylic acids is 2. The Morgan fingerprint density at radius 2 is 1.62 bits per heavy atom. The first-order valence-corrected chi connectivity index (χ1v) is 9.28. The molecule has 6 heteroatoms. The molecular formula is C20H21ClN3O2+. The molecule has 0 aromatic heterocycles. The molecule has 1 atom stereocenters. The van der Waals surface area contributed by atoms with E-state index in [2.05, 4.69) is 17.0 Å². The van der Waals surface area contributed by atoms with Crippen molar-refractivity contribution < 1.29 is 14.5 Å². The van der Waals surface area contributed by atoms with Crippen LogP contribution in [-0.4, -0.2) is 44.0 Å². The van der Waals surface area contributed by atoms with Gasteiger partial charge < -0.3 is 9.80 Å². The molecule has 4 rings (SSSR count). The molecule has 2 amide bonds. The molecule has 2 aliphatic heterocycles. The van der Waals surface area contributed by atoms with Crippen LogP contribution in [0.1, 0.15) is 6.42 Å². The Morgan fingerprint density at radius 1 is 0.923 bits per heavy atom. The average Bonchev–Trinajstić information content (AvgIpc) is 2.97. The lowest BCUT2D eigenvalue weighted by Crippen LogP contribution is -3.19. The Labute approximate surface area is 157 Å². The lowest BCUT2D eigenvalue weighted by atomic mass is 10.1. The number of para-hydroxylation sites is 1. The van der Waals surface area contributed by atoms with E-state index in [1.807, 2.05) is 18.2 Å². The number of piperazine rings is 1. The van der Waals surface area contributed by atoms with Gasteiger partial charge in [0.2, 0.25) is 5.91 Å². The third kappa shape index (κ3) is 3.20. The second-order valence-corrected chi connectivity index (χ2v) is 7.22. The van der Waals surface area contributed by atoms with E-state index in [1.165, 1.54) is 15.5 Å². The van der Waals surface area contributed by atoms with Gasteiger partial charge in [-0.1, -0.05) is 35.9 Å². The smallest absolute Gasteiger partial charge is 0.292 e. The van der Waals surface area contributed by atoms with E-state index in [-0.39, 0.29) is 24.3 Å². The van der Waals surface area contributed by atoms with Crippen LogP contribution in [0.15, 0.2) is 54.6 Å². The number of hydrogen-bond donors (Lipinski definition) is 1. The monoisotopic (exact) mass is 370 g/mol. The van der Waals surface area contributed by atoms with E-state index < -0.39 is 0 Å². The van der Waals surface area contributed by atoms with Crippen LogP contribution in [0.3, 0.4) is 0 Å². The maximum absolute atomic E-state index is 12.9. The number of imide groups is 1. The molecule has 1 N–H and O–H groups in total. The second-order valence-electron chi connectivity index (χ2n) is 6.78. The third-order valence-corrected chi connectivity index (χ3v) is 5.47. The van der Waals surface area contributed by atoms with Gasteiger partial charge in [-0.15, -0.1) is 0 Å². The molecular weight excluding hydrogens is 350 g/mol. The minimum atomic E-state index is -0.292. The minimum absolute atomic E-state index is 0.111. The van der Waals surface area contributed by atoms with Gasteiger partial charge in [0.15, 0.2) is 6.04 Å². The fourth-order valence-electron chi connectivity index (χ4n) is 3.88. The van der Waals surface area contributed by atoms with Crippen molar-refractivity contribution in [3.63, 3.8) is 0 Å². The zero-order chi connectivity index (χ0) is 18.1. The summed E-state index contributed by atoms with van der Waals surface area (Å²) in [5.41, 5.74) is 1.78. The van der Waals surface area contributed by atoms with E-state index in [0.717, 1.165) is 26.2 Å². The quantitative estimate of drug-likeness (QED) is 0.830. The SMILES string of the molecule is O=C1C[C@H]([NH+]2CCN(c3ccccc3)CC2)C(=O)N1c1cccc(Cl)c1. The van der Waals surface area contributed by atoms with Crippen LogP contribution in [0.4, 0.5) is 11.4 Å². The van der Waals surface area contributed by atoms with Crippen LogP contribution >= 0.6 is 11.6 Å². The molecule has 26 heavy (non-hydrogen) atoms. The van der Waals surface area contributed by atoms with Crippen LogP contribution in [0, 0.1) is 0 Å². The summed E-state index contributed by atoms with van der Waals surface area (Å²) in [5.74, 6) is -0.249. The number of nitrogens with one attached hydrogen (secondary N) is 1. The summed E-state index contributed by atoms with van der Waals surface area (Å²) in [6.07, 6.45) is 0.270. The Balaban J connectivity index is 1.45. The van der Waals surface area contributed by atoms with Crippen LogP contribution in [0.5, 0.6) is 0 Å². The van der Waals surface area contributed by atoms with E-state index in [1.54, 1.807) is 24.3 Å². The van der Waals surface area contributed by atoms with Crippen molar-refractivity contribution in [1.29, 1.82) is 0 Å². The van der Waals surface area contributed by atoms with Crippen molar-refractivity contribution in [2.75, 3.05) is 36.0 Å². The Bertz CT molecular complexity index is 819. The molecule has 2 aromatic carbocycles. The van der Waals surface area contributed by atoms with E-state index in [9.17, 15) is 9.59 Å². The van der Waals surface area contributed by atoms with Crippen molar-refractivity contribution in [3.8, 4) is 0 Å². The maximum Gasteiger partial charge on any atom is 0.292 e. The van der Waals surface area contributed by atoms with Gasteiger partial charge in [0, 0.05) is 10.7 Å². The number of hydrogen-bond acceptors (Lipinski definition) is 3. The number of quaternary nitrogens is 1. The number of amides is 2. The largest absolute Gasteiger partial charge is 0.360 e. The first-order valence-electron chi connectivity index (χ1n) is 8.90. The number of anilines is 2. The van der Waals surface area contributed by atoms with Crippen molar-refractivity contribution in [2.24, 2.45) is 0 Å². The predicted molar refractivity (Wildman–Crippen MR) is 102 cm³/mol. The van der Waals surface area contributed by atoms with E-state index in [0.29, 0.717) is 10.7 Å². The topological polar surface area (TPSA) is 45.1 Å². The molecule has 2 aromatic rings. The molecule has 0 aliphatic carbocycles. The van der Waals surface area contributed by atoms with E-state index in [4.69, 9.17) is 11.6 Å². The highest BCUT2D eigenvalue weighted by atomic mass is 35.5.